The van der Waals surface area contributed by atoms with E-state index in [9.17, 15) is 4.79 Å². The van der Waals surface area contributed by atoms with Crippen LogP contribution in [0.3, 0.4) is 0 Å². The van der Waals surface area contributed by atoms with Gasteiger partial charge in [0.25, 0.3) is 0 Å². The number of hydrogen-bond donors (Lipinski definition) is 1. The number of methoxy groups -OCH3 is 1. The van der Waals surface area contributed by atoms with Gasteiger partial charge in [-0.15, -0.1) is 0 Å². The summed E-state index contributed by atoms with van der Waals surface area (Å²) in [6, 6.07) is 8.03. The van der Waals surface area contributed by atoms with Crippen molar-refractivity contribution in [2.24, 2.45) is 0 Å². The van der Waals surface area contributed by atoms with Gasteiger partial charge in [0.1, 0.15) is 4.88 Å². The molecule has 0 bridgehead atoms. The average Bonchev–Trinajstić information content (AvgIpc) is 2.78. The molecule has 2 rings (SSSR count). The molecule has 0 aliphatic heterocycles. The maximum atomic E-state index is 11.5. The van der Waals surface area contributed by atoms with E-state index >= 15 is 0 Å². The molecule has 0 saturated heterocycles. The maximum Gasteiger partial charge on any atom is 0.350 e. The summed E-state index contributed by atoms with van der Waals surface area (Å²) in [5, 5.41) is 3.93. The minimum atomic E-state index is -0.341. The summed E-state index contributed by atoms with van der Waals surface area (Å²) in [6.45, 7) is 2.47. The Morgan fingerprint density at radius 1 is 1.42 bits per heavy atom. The highest BCUT2D eigenvalue weighted by molar-refractivity contribution is 9.10. The maximum absolute atomic E-state index is 11.5. The molecule has 0 aliphatic rings. The molecule has 1 N–H and O–H groups in total. The van der Waals surface area contributed by atoms with Crippen molar-refractivity contribution in [3.63, 3.8) is 0 Å². The number of anilines is 1. The standard InChI is InChI=1S/C13H13BrN2O2S/c1-8-11(12(17)18-2)19-13(16-8)15-7-9-3-5-10(14)6-4-9/h3-6H,7H2,1-2H3,(H,15,16). The van der Waals surface area contributed by atoms with E-state index in [0.29, 0.717) is 17.1 Å². The number of thiazole rings is 1. The third-order valence-corrected chi connectivity index (χ3v) is 4.15. The molecule has 0 fully saturated rings. The number of hydrogen-bond acceptors (Lipinski definition) is 5. The third kappa shape index (κ3) is 3.54. The van der Waals surface area contributed by atoms with Crippen molar-refractivity contribution in [3.8, 4) is 0 Å². The fourth-order valence-corrected chi connectivity index (χ4v) is 2.68. The number of carbonyl (C=O) groups excluding carboxylic acids is 1. The van der Waals surface area contributed by atoms with Gasteiger partial charge in [0.05, 0.1) is 12.8 Å². The van der Waals surface area contributed by atoms with E-state index < -0.39 is 0 Å². The Balaban J connectivity index is 2.04. The van der Waals surface area contributed by atoms with Crippen molar-refractivity contribution >= 4 is 38.4 Å². The zero-order chi connectivity index (χ0) is 13.8. The summed E-state index contributed by atoms with van der Waals surface area (Å²) in [4.78, 5) is 16.3. The minimum Gasteiger partial charge on any atom is -0.465 e. The number of nitrogens with one attached hydrogen (secondary N) is 1. The zero-order valence-corrected chi connectivity index (χ0v) is 13.0. The lowest BCUT2D eigenvalue weighted by Crippen LogP contribution is -1.99. The molecule has 0 spiro atoms. The fraction of sp³-hybridized carbons (Fsp3) is 0.231. The molecular weight excluding hydrogens is 328 g/mol. The Labute approximate surface area is 124 Å². The van der Waals surface area contributed by atoms with Crippen LogP contribution in [-0.2, 0) is 11.3 Å². The SMILES string of the molecule is COC(=O)c1sc(NCc2ccc(Br)cc2)nc1C. The van der Waals surface area contributed by atoms with Crippen LogP contribution in [0.15, 0.2) is 28.7 Å². The Kier molecular flexibility index (Phi) is 4.55. The predicted octanol–water partition coefficient (Wildman–Crippen LogP) is 3.61. The summed E-state index contributed by atoms with van der Waals surface area (Å²) >= 11 is 4.70. The molecule has 0 unspecified atom stereocenters. The van der Waals surface area contributed by atoms with Crippen LogP contribution in [0.4, 0.5) is 5.13 Å². The van der Waals surface area contributed by atoms with E-state index in [1.54, 1.807) is 6.92 Å². The number of carbonyl (C=O) groups is 1. The van der Waals surface area contributed by atoms with Gasteiger partial charge in [-0.1, -0.05) is 39.4 Å². The van der Waals surface area contributed by atoms with Crippen molar-refractivity contribution in [3.05, 3.63) is 44.9 Å². The fourth-order valence-electron chi connectivity index (χ4n) is 1.53. The summed E-state index contributed by atoms with van der Waals surface area (Å²) in [5.41, 5.74) is 1.84. The number of halogens is 1. The molecule has 4 nitrogen and oxygen atoms in total. The van der Waals surface area contributed by atoms with E-state index in [0.717, 1.165) is 15.2 Å². The molecule has 19 heavy (non-hydrogen) atoms. The second-order valence-electron chi connectivity index (χ2n) is 3.91. The van der Waals surface area contributed by atoms with Crippen LogP contribution in [0, 0.1) is 6.92 Å². The van der Waals surface area contributed by atoms with Gasteiger partial charge >= 0.3 is 5.97 Å². The molecule has 100 valence electrons. The largest absolute Gasteiger partial charge is 0.465 e. The minimum absolute atomic E-state index is 0.341. The number of esters is 1. The lowest BCUT2D eigenvalue weighted by Gasteiger charge is -2.02. The smallest absolute Gasteiger partial charge is 0.350 e. The molecule has 2 aromatic rings. The molecule has 1 heterocycles. The molecule has 1 aromatic heterocycles. The van der Waals surface area contributed by atoms with Crippen molar-refractivity contribution in [1.29, 1.82) is 0 Å². The van der Waals surface area contributed by atoms with Crippen LogP contribution < -0.4 is 5.32 Å². The molecule has 0 aliphatic carbocycles. The summed E-state index contributed by atoms with van der Waals surface area (Å²) in [6.07, 6.45) is 0. The highest BCUT2D eigenvalue weighted by Crippen LogP contribution is 2.23. The van der Waals surface area contributed by atoms with Crippen molar-refractivity contribution < 1.29 is 9.53 Å². The topological polar surface area (TPSA) is 51.2 Å². The van der Waals surface area contributed by atoms with E-state index in [2.05, 4.69) is 26.2 Å². The van der Waals surface area contributed by atoms with E-state index in [-0.39, 0.29) is 5.97 Å². The first kappa shape index (κ1) is 14.0. The second-order valence-corrected chi connectivity index (χ2v) is 5.82. The highest BCUT2D eigenvalue weighted by atomic mass is 79.9. The van der Waals surface area contributed by atoms with Crippen LogP contribution in [0.2, 0.25) is 0 Å². The van der Waals surface area contributed by atoms with Gasteiger partial charge in [-0.3, -0.25) is 0 Å². The summed E-state index contributed by atoms with van der Waals surface area (Å²) in [5.74, 6) is -0.341. The van der Waals surface area contributed by atoms with Crippen molar-refractivity contribution in [2.45, 2.75) is 13.5 Å². The average molecular weight is 341 g/mol. The summed E-state index contributed by atoms with van der Waals surface area (Å²) in [7, 11) is 1.37. The number of benzene rings is 1. The molecule has 0 amide bonds. The van der Waals surface area contributed by atoms with Gasteiger partial charge in [0.2, 0.25) is 0 Å². The Hall–Kier alpha value is -1.40. The quantitative estimate of drug-likeness (QED) is 0.863. The van der Waals surface area contributed by atoms with Gasteiger partial charge < -0.3 is 10.1 Å². The number of aromatic nitrogens is 1. The molecule has 6 heteroatoms. The first-order valence-electron chi connectivity index (χ1n) is 5.64. The van der Waals surface area contributed by atoms with Crippen LogP contribution in [-0.4, -0.2) is 18.1 Å². The number of ether oxygens (including phenoxy) is 1. The van der Waals surface area contributed by atoms with E-state index in [1.165, 1.54) is 18.4 Å². The normalized spacial score (nSPS) is 10.3. The Bertz CT molecular complexity index is 581. The van der Waals surface area contributed by atoms with Crippen LogP contribution in [0.25, 0.3) is 0 Å². The molecule has 1 aromatic carbocycles. The van der Waals surface area contributed by atoms with Gasteiger partial charge in [-0.2, -0.15) is 0 Å². The zero-order valence-electron chi connectivity index (χ0n) is 10.6. The number of rotatable bonds is 4. The monoisotopic (exact) mass is 340 g/mol. The Morgan fingerprint density at radius 3 is 2.74 bits per heavy atom. The van der Waals surface area contributed by atoms with Gasteiger partial charge in [0.15, 0.2) is 5.13 Å². The van der Waals surface area contributed by atoms with Crippen LogP contribution in [0.5, 0.6) is 0 Å². The van der Waals surface area contributed by atoms with Crippen LogP contribution in [0.1, 0.15) is 20.9 Å². The molecule has 0 saturated carbocycles. The molecular formula is C13H13BrN2O2S. The second kappa shape index (κ2) is 6.16. The van der Waals surface area contributed by atoms with E-state index in [4.69, 9.17) is 4.74 Å². The van der Waals surface area contributed by atoms with Gasteiger partial charge in [0, 0.05) is 11.0 Å². The lowest BCUT2D eigenvalue weighted by molar-refractivity contribution is 0.0605. The first-order valence-corrected chi connectivity index (χ1v) is 7.25. The van der Waals surface area contributed by atoms with E-state index in [1.807, 2.05) is 24.3 Å². The first-order chi connectivity index (χ1) is 9.10. The summed E-state index contributed by atoms with van der Waals surface area (Å²) < 4.78 is 5.76. The molecule has 0 radical (unpaired) electrons. The van der Waals surface area contributed by atoms with Gasteiger partial charge in [-0.25, -0.2) is 9.78 Å². The predicted molar refractivity (Wildman–Crippen MR) is 79.7 cm³/mol. The van der Waals surface area contributed by atoms with Crippen molar-refractivity contribution in [1.82, 2.24) is 4.98 Å². The third-order valence-electron chi connectivity index (χ3n) is 2.52. The highest BCUT2D eigenvalue weighted by Gasteiger charge is 2.15. The number of nitrogens with zero attached hydrogens (tertiary/aromatic N) is 1. The van der Waals surface area contributed by atoms with Crippen molar-refractivity contribution in [2.75, 3.05) is 12.4 Å². The Morgan fingerprint density at radius 2 is 2.11 bits per heavy atom. The number of aryl methyl sites for hydroxylation is 1. The lowest BCUT2D eigenvalue weighted by atomic mass is 10.2. The van der Waals surface area contributed by atoms with Crippen LogP contribution >= 0.6 is 27.3 Å². The van der Waals surface area contributed by atoms with Gasteiger partial charge in [-0.05, 0) is 24.6 Å². The molecule has 0 atom stereocenters.